The van der Waals surface area contributed by atoms with Crippen molar-refractivity contribution in [3.05, 3.63) is 12.7 Å². The van der Waals surface area contributed by atoms with Crippen LogP contribution in [-0.4, -0.2) is 37.2 Å². The number of rotatable bonds is 6. The molecule has 1 nitrogen and oxygen atoms in total. The fraction of sp³-hybridized carbons (Fsp3) is 0.750. The van der Waals surface area contributed by atoms with E-state index in [1.54, 1.807) is 0 Å². The lowest BCUT2D eigenvalue weighted by atomic mass is 10.0. The molecule has 0 spiro atoms. The summed E-state index contributed by atoms with van der Waals surface area (Å²) in [6.45, 7) is -0.0542. The van der Waals surface area contributed by atoms with E-state index in [0.29, 0.717) is 0 Å². The van der Waals surface area contributed by atoms with Crippen LogP contribution in [-0.2, 0) is 4.74 Å². The monoisotopic (exact) mass is 290 g/mol. The summed E-state index contributed by atoms with van der Waals surface area (Å²) in [5, 5.41) is 0. The van der Waals surface area contributed by atoms with Crippen molar-refractivity contribution < 1.29 is 44.3 Å². The molecule has 0 fully saturated rings. The number of halogens is 9. The van der Waals surface area contributed by atoms with Crippen molar-refractivity contribution in [2.45, 2.75) is 23.9 Å². The SMILES string of the molecule is C=CCOCC(F)(F)C(F)(F)C(F)(F)C(F)(F)F. The molecule has 0 aliphatic rings. The average molecular weight is 290 g/mol. The molecule has 0 unspecified atom stereocenters. The van der Waals surface area contributed by atoms with Gasteiger partial charge in [0, 0.05) is 0 Å². The summed E-state index contributed by atoms with van der Waals surface area (Å²) < 4.78 is 114. The summed E-state index contributed by atoms with van der Waals surface area (Å²) in [5.41, 5.74) is 0. The average Bonchev–Trinajstić information content (AvgIpc) is 2.15. The fourth-order valence-electron chi connectivity index (χ4n) is 0.769. The summed E-state index contributed by atoms with van der Waals surface area (Å²) in [4.78, 5) is 0. The topological polar surface area (TPSA) is 9.23 Å². The highest BCUT2D eigenvalue weighted by Gasteiger charge is 2.81. The van der Waals surface area contributed by atoms with Gasteiger partial charge in [-0.3, -0.25) is 0 Å². The van der Waals surface area contributed by atoms with Gasteiger partial charge in [-0.2, -0.15) is 39.5 Å². The van der Waals surface area contributed by atoms with E-state index in [-0.39, 0.29) is 0 Å². The fourth-order valence-corrected chi connectivity index (χ4v) is 0.769. The Morgan fingerprint density at radius 2 is 1.28 bits per heavy atom. The molecular weight excluding hydrogens is 283 g/mol. The molecule has 0 saturated carbocycles. The smallest absolute Gasteiger partial charge is 0.371 e. The van der Waals surface area contributed by atoms with Crippen LogP contribution in [0.5, 0.6) is 0 Å². The van der Waals surface area contributed by atoms with Crippen LogP contribution in [0, 0.1) is 0 Å². The van der Waals surface area contributed by atoms with Gasteiger partial charge in [-0.05, 0) is 0 Å². The van der Waals surface area contributed by atoms with Gasteiger partial charge in [-0.1, -0.05) is 6.08 Å². The lowest BCUT2D eigenvalue weighted by molar-refractivity contribution is -0.399. The molecule has 108 valence electrons. The van der Waals surface area contributed by atoms with Crippen molar-refractivity contribution in [1.82, 2.24) is 0 Å². The molecule has 0 aromatic carbocycles. The molecule has 0 aliphatic carbocycles. The van der Waals surface area contributed by atoms with Crippen LogP contribution in [0.15, 0.2) is 12.7 Å². The van der Waals surface area contributed by atoms with E-state index in [1.165, 1.54) is 0 Å². The molecule has 0 atom stereocenters. The zero-order valence-corrected chi connectivity index (χ0v) is 8.51. The first-order chi connectivity index (χ1) is 7.81. The highest BCUT2D eigenvalue weighted by atomic mass is 19.4. The molecule has 0 saturated heterocycles. The van der Waals surface area contributed by atoms with E-state index in [9.17, 15) is 39.5 Å². The molecule has 0 bridgehead atoms. The Kier molecular flexibility index (Phi) is 4.72. The largest absolute Gasteiger partial charge is 0.460 e. The van der Waals surface area contributed by atoms with E-state index >= 15 is 0 Å². The molecule has 0 amide bonds. The number of ether oxygens (including phenoxy) is 1. The maximum absolute atomic E-state index is 12.7. The molecule has 0 N–H and O–H groups in total. The first kappa shape index (κ1) is 17.1. The summed E-state index contributed by atoms with van der Waals surface area (Å²) in [6, 6.07) is 0. The standard InChI is InChI=1S/C8H7F9O/c1-2-3-18-4-5(9,10)6(11,12)7(13,14)8(15,16)17/h2H,1,3-4H2. The van der Waals surface area contributed by atoms with Crippen LogP contribution >= 0.6 is 0 Å². The van der Waals surface area contributed by atoms with Crippen LogP contribution in [0.1, 0.15) is 0 Å². The van der Waals surface area contributed by atoms with Gasteiger partial charge in [-0.15, -0.1) is 6.58 Å². The Balaban J connectivity index is 5.16. The first-order valence-corrected chi connectivity index (χ1v) is 4.20. The van der Waals surface area contributed by atoms with Crippen LogP contribution in [0.25, 0.3) is 0 Å². The van der Waals surface area contributed by atoms with E-state index in [2.05, 4.69) is 11.3 Å². The van der Waals surface area contributed by atoms with E-state index in [4.69, 9.17) is 0 Å². The van der Waals surface area contributed by atoms with Crippen molar-refractivity contribution in [1.29, 1.82) is 0 Å². The van der Waals surface area contributed by atoms with Gasteiger partial charge in [0.15, 0.2) is 0 Å². The minimum Gasteiger partial charge on any atom is -0.371 e. The number of hydrogen-bond acceptors (Lipinski definition) is 1. The van der Waals surface area contributed by atoms with E-state index < -0.39 is 37.2 Å². The maximum Gasteiger partial charge on any atom is 0.460 e. The molecule has 18 heavy (non-hydrogen) atoms. The molecule has 0 aromatic rings. The highest BCUT2D eigenvalue weighted by molar-refractivity contribution is 5.00. The first-order valence-electron chi connectivity index (χ1n) is 4.20. The predicted octanol–water partition coefficient (Wildman–Crippen LogP) is 3.66. The quantitative estimate of drug-likeness (QED) is 0.412. The van der Waals surface area contributed by atoms with E-state index in [0.717, 1.165) is 6.08 Å². The minimum absolute atomic E-state index is 0.705. The lowest BCUT2D eigenvalue weighted by Crippen LogP contribution is -2.62. The van der Waals surface area contributed by atoms with Crippen molar-refractivity contribution in [2.24, 2.45) is 0 Å². The molecule has 0 radical (unpaired) electrons. The van der Waals surface area contributed by atoms with Gasteiger partial charge >= 0.3 is 23.9 Å². The number of alkyl halides is 9. The van der Waals surface area contributed by atoms with Gasteiger partial charge in [0.05, 0.1) is 6.61 Å². The second-order valence-electron chi connectivity index (χ2n) is 3.15. The third-order valence-corrected chi connectivity index (χ3v) is 1.73. The normalized spacial score (nSPS) is 14.7. The van der Waals surface area contributed by atoms with Crippen molar-refractivity contribution in [2.75, 3.05) is 13.2 Å². The van der Waals surface area contributed by atoms with Crippen molar-refractivity contribution in [3.63, 3.8) is 0 Å². The Morgan fingerprint density at radius 3 is 1.61 bits per heavy atom. The van der Waals surface area contributed by atoms with Gasteiger partial charge in [-0.25, -0.2) is 0 Å². The second kappa shape index (κ2) is 4.98. The van der Waals surface area contributed by atoms with Crippen LogP contribution in [0.3, 0.4) is 0 Å². The van der Waals surface area contributed by atoms with Crippen LogP contribution in [0.4, 0.5) is 39.5 Å². The van der Waals surface area contributed by atoms with Gasteiger partial charge < -0.3 is 4.74 Å². The van der Waals surface area contributed by atoms with Crippen LogP contribution < -0.4 is 0 Å². The summed E-state index contributed by atoms with van der Waals surface area (Å²) >= 11 is 0. The third-order valence-electron chi connectivity index (χ3n) is 1.73. The summed E-state index contributed by atoms with van der Waals surface area (Å²) in [5.74, 6) is -19.2. The Bertz CT molecular complexity index is 293. The zero-order valence-electron chi connectivity index (χ0n) is 8.51. The lowest BCUT2D eigenvalue weighted by Gasteiger charge is -2.33. The third kappa shape index (κ3) is 2.90. The molecule has 0 heterocycles. The maximum atomic E-state index is 12.7. The van der Waals surface area contributed by atoms with Crippen molar-refractivity contribution in [3.8, 4) is 0 Å². The molecule has 0 aliphatic heterocycles. The Morgan fingerprint density at radius 1 is 0.833 bits per heavy atom. The zero-order chi connectivity index (χ0) is 14.8. The van der Waals surface area contributed by atoms with Crippen LogP contribution in [0.2, 0.25) is 0 Å². The molecular formula is C8H7F9O. The predicted molar refractivity (Wildman–Crippen MR) is 41.9 cm³/mol. The number of hydrogen-bond donors (Lipinski definition) is 0. The Labute approximate surface area is 95.2 Å². The summed E-state index contributed by atoms with van der Waals surface area (Å²) in [6.07, 6.45) is -5.98. The second-order valence-corrected chi connectivity index (χ2v) is 3.15. The molecule has 0 rings (SSSR count). The van der Waals surface area contributed by atoms with Gasteiger partial charge in [0.1, 0.15) is 6.61 Å². The molecule has 0 aromatic heterocycles. The molecule has 10 heteroatoms. The van der Waals surface area contributed by atoms with Gasteiger partial charge in [0.25, 0.3) is 0 Å². The van der Waals surface area contributed by atoms with Crippen molar-refractivity contribution >= 4 is 0 Å². The van der Waals surface area contributed by atoms with Gasteiger partial charge in [0.2, 0.25) is 0 Å². The highest BCUT2D eigenvalue weighted by Crippen LogP contribution is 2.52. The minimum atomic E-state index is -6.87. The Hall–Kier alpha value is -0.930. The summed E-state index contributed by atoms with van der Waals surface area (Å²) in [7, 11) is 0. The van der Waals surface area contributed by atoms with E-state index in [1.807, 2.05) is 0 Å².